The molecular weight excluding hydrogens is 312 g/mol. The van der Waals surface area contributed by atoms with E-state index in [2.05, 4.69) is 10.3 Å². The van der Waals surface area contributed by atoms with Gasteiger partial charge in [0.25, 0.3) is 0 Å². The molecule has 2 atom stereocenters. The van der Waals surface area contributed by atoms with Gasteiger partial charge in [0.1, 0.15) is 17.3 Å². The first-order valence-electron chi connectivity index (χ1n) is 7.68. The van der Waals surface area contributed by atoms with E-state index in [4.69, 9.17) is 4.74 Å². The number of aryl methyl sites for hydroxylation is 1. The van der Waals surface area contributed by atoms with Crippen LogP contribution in [0.15, 0.2) is 18.2 Å². The maximum absolute atomic E-state index is 12.6. The molecule has 1 aliphatic heterocycles. The summed E-state index contributed by atoms with van der Waals surface area (Å²) in [4.78, 5) is 30.0. The summed E-state index contributed by atoms with van der Waals surface area (Å²) >= 11 is 0. The van der Waals surface area contributed by atoms with Gasteiger partial charge in [-0.15, -0.1) is 0 Å². The molecule has 1 aromatic carbocycles. The Bertz CT molecular complexity index is 801. The van der Waals surface area contributed by atoms with Crippen LogP contribution in [0.5, 0.6) is 5.75 Å². The van der Waals surface area contributed by atoms with Crippen LogP contribution >= 0.6 is 0 Å². The fraction of sp³-hybridized carbons (Fsp3) is 0.438. The third-order valence-corrected chi connectivity index (χ3v) is 4.32. The van der Waals surface area contributed by atoms with E-state index in [0.717, 1.165) is 5.52 Å². The number of imidazole rings is 1. The molecule has 0 saturated carbocycles. The molecule has 1 saturated heterocycles. The first-order chi connectivity index (χ1) is 11.4. The molecule has 8 nitrogen and oxygen atoms in total. The van der Waals surface area contributed by atoms with Crippen molar-refractivity contribution in [3.8, 4) is 5.75 Å². The summed E-state index contributed by atoms with van der Waals surface area (Å²) < 4.78 is 7.04. The molecule has 2 aromatic rings. The molecule has 0 aliphatic carbocycles. The zero-order valence-electron chi connectivity index (χ0n) is 13.8. The number of para-hydroxylation sites is 1. The highest BCUT2D eigenvalue weighted by molar-refractivity contribution is 5.98. The minimum Gasteiger partial charge on any atom is -0.494 e. The van der Waals surface area contributed by atoms with Crippen LogP contribution in [0.1, 0.15) is 13.3 Å². The molecule has 24 heavy (non-hydrogen) atoms. The monoisotopic (exact) mass is 332 g/mol. The summed E-state index contributed by atoms with van der Waals surface area (Å²) in [6, 6.07) is 4.83. The molecule has 128 valence electrons. The fourth-order valence-electron chi connectivity index (χ4n) is 3.07. The van der Waals surface area contributed by atoms with Crippen LogP contribution in [0.2, 0.25) is 0 Å². The summed E-state index contributed by atoms with van der Waals surface area (Å²) in [7, 11) is 3.35. The zero-order valence-corrected chi connectivity index (χ0v) is 13.8. The highest BCUT2D eigenvalue weighted by atomic mass is 16.5. The Kier molecular flexibility index (Phi) is 4.15. The summed E-state index contributed by atoms with van der Waals surface area (Å²) in [5.41, 5.74) is 1.47. The lowest BCUT2D eigenvalue weighted by atomic mass is 10.2. The molecule has 0 radical (unpaired) electrons. The first-order valence-corrected chi connectivity index (χ1v) is 7.68. The van der Waals surface area contributed by atoms with Crippen LogP contribution in [0.25, 0.3) is 11.0 Å². The van der Waals surface area contributed by atoms with Crippen molar-refractivity contribution >= 4 is 28.8 Å². The second-order valence-electron chi connectivity index (χ2n) is 5.89. The number of nitrogens with one attached hydrogen (secondary N) is 1. The number of ether oxygens (including phenoxy) is 1. The third-order valence-electron chi connectivity index (χ3n) is 4.32. The van der Waals surface area contributed by atoms with Gasteiger partial charge in [0, 0.05) is 26.9 Å². The van der Waals surface area contributed by atoms with Gasteiger partial charge in [0.2, 0.25) is 17.8 Å². The van der Waals surface area contributed by atoms with Crippen molar-refractivity contribution in [2.45, 2.75) is 25.5 Å². The van der Waals surface area contributed by atoms with E-state index in [1.165, 1.54) is 11.8 Å². The van der Waals surface area contributed by atoms with E-state index in [-0.39, 0.29) is 24.8 Å². The van der Waals surface area contributed by atoms with Crippen molar-refractivity contribution in [3.05, 3.63) is 18.2 Å². The molecule has 1 aliphatic rings. The Hall–Kier alpha value is -2.61. The van der Waals surface area contributed by atoms with Gasteiger partial charge < -0.3 is 19.3 Å². The Morgan fingerprint density at radius 1 is 1.42 bits per heavy atom. The number of amides is 2. The number of benzene rings is 1. The molecule has 3 rings (SSSR count). The van der Waals surface area contributed by atoms with E-state index in [1.807, 2.05) is 12.1 Å². The minimum atomic E-state index is -0.695. The van der Waals surface area contributed by atoms with Crippen molar-refractivity contribution in [1.82, 2.24) is 14.5 Å². The van der Waals surface area contributed by atoms with Crippen molar-refractivity contribution in [2.24, 2.45) is 7.05 Å². The van der Waals surface area contributed by atoms with Crippen LogP contribution in [-0.4, -0.2) is 57.2 Å². The van der Waals surface area contributed by atoms with Crippen LogP contribution in [0.3, 0.4) is 0 Å². The largest absolute Gasteiger partial charge is 0.494 e. The molecule has 0 spiro atoms. The number of hydrogen-bond donors (Lipinski definition) is 2. The lowest BCUT2D eigenvalue weighted by molar-refractivity contribution is -0.134. The maximum Gasteiger partial charge on any atom is 0.249 e. The fourth-order valence-corrected chi connectivity index (χ4v) is 3.07. The number of aliphatic hydroxyl groups excluding tert-OH is 1. The van der Waals surface area contributed by atoms with Gasteiger partial charge in [0.15, 0.2) is 0 Å². The van der Waals surface area contributed by atoms with Crippen LogP contribution < -0.4 is 10.1 Å². The lowest BCUT2D eigenvalue weighted by Crippen LogP contribution is -2.42. The normalized spacial score (nSPS) is 20.4. The number of rotatable bonds is 3. The molecule has 1 fully saturated rings. The quantitative estimate of drug-likeness (QED) is 0.853. The molecule has 2 amide bonds. The Morgan fingerprint density at radius 2 is 2.17 bits per heavy atom. The summed E-state index contributed by atoms with van der Waals surface area (Å²) in [6.07, 6.45) is -0.469. The second kappa shape index (κ2) is 6.12. The van der Waals surface area contributed by atoms with Crippen molar-refractivity contribution < 1.29 is 19.4 Å². The molecule has 0 unspecified atom stereocenters. The molecule has 0 bridgehead atoms. The van der Waals surface area contributed by atoms with Crippen LogP contribution in [0.4, 0.5) is 5.95 Å². The first kappa shape index (κ1) is 16.3. The molecule has 8 heteroatoms. The van der Waals surface area contributed by atoms with Crippen molar-refractivity contribution in [1.29, 1.82) is 0 Å². The average molecular weight is 332 g/mol. The van der Waals surface area contributed by atoms with Crippen molar-refractivity contribution in [2.75, 3.05) is 19.0 Å². The number of methoxy groups -OCH3 is 1. The van der Waals surface area contributed by atoms with Gasteiger partial charge >= 0.3 is 0 Å². The van der Waals surface area contributed by atoms with Gasteiger partial charge in [-0.3, -0.25) is 14.9 Å². The number of aliphatic hydroxyl groups is 1. The predicted octanol–water partition coefficient (Wildman–Crippen LogP) is 0.502. The number of hydrogen-bond acceptors (Lipinski definition) is 5. The van der Waals surface area contributed by atoms with Gasteiger partial charge in [-0.1, -0.05) is 6.07 Å². The number of β-amino-alcohol motifs (C(OH)–C–C–N with tert-alkyl or cyclic N) is 1. The topological polar surface area (TPSA) is 96.7 Å². The van der Waals surface area contributed by atoms with E-state index in [0.29, 0.717) is 17.2 Å². The highest BCUT2D eigenvalue weighted by Crippen LogP contribution is 2.27. The molecule has 2 N–H and O–H groups in total. The smallest absolute Gasteiger partial charge is 0.249 e. The van der Waals surface area contributed by atoms with E-state index in [1.54, 1.807) is 24.8 Å². The summed E-state index contributed by atoms with van der Waals surface area (Å²) in [6.45, 7) is 1.56. The van der Waals surface area contributed by atoms with Crippen LogP contribution in [0, 0.1) is 0 Å². The third kappa shape index (κ3) is 2.69. The van der Waals surface area contributed by atoms with Crippen LogP contribution in [-0.2, 0) is 16.6 Å². The number of likely N-dealkylation sites (tertiary alicyclic amines) is 1. The van der Waals surface area contributed by atoms with Gasteiger partial charge in [-0.25, -0.2) is 4.98 Å². The number of nitrogens with zero attached hydrogens (tertiary/aromatic N) is 3. The maximum atomic E-state index is 12.6. The SMILES string of the molecule is COc1cccc2c1nc(NC(=O)[C@H]1C[C@@H](O)CN1C(C)=O)n2C. The minimum absolute atomic E-state index is 0.170. The summed E-state index contributed by atoms with van der Waals surface area (Å²) in [5.74, 6) is 0.382. The standard InChI is InChI=1S/C16H20N4O4/c1-9(21)20-8-10(22)7-12(20)15(23)18-16-17-14-11(19(16)2)5-4-6-13(14)24-3/h4-6,10,12,22H,7-8H2,1-3H3,(H,17,18,23)/t10-,12-/m1/s1. The summed E-state index contributed by atoms with van der Waals surface area (Å²) in [5, 5.41) is 12.5. The van der Waals surface area contributed by atoms with Gasteiger partial charge in [-0.05, 0) is 12.1 Å². The average Bonchev–Trinajstić information content (AvgIpc) is 3.09. The lowest BCUT2D eigenvalue weighted by Gasteiger charge is -2.21. The number of carbonyl (C=O) groups is 2. The van der Waals surface area contributed by atoms with Crippen molar-refractivity contribution in [3.63, 3.8) is 0 Å². The highest BCUT2D eigenvalue weighted by Gasteiger charge is 2.37. The van der Waals surface area contributed by atoms with Gasteiger partial charge in [0.05, 0.1) is 18.7 Å². The number of fused-ring (bicyclic) bond motifs is 1. The Balaban J connectivity index is 1.88. The predicted molar refractivity (Wildman–Crippen MR) is 87.7 cm³/mol. The van der Waals surface area contributed by atoms with E-state index in [9.17, 15) is 14.7 Å². The van der Waals surface area contributed by atoms with E-state index < -0.39 is 12.1 Å². The number of carbonyl (C=O) groups excluding carboxylic acids is 2. The Morgan fingerprint density at radius 3 is 2.83 bits per heavy atom. The number of aromatic nitrogens is 2. The number of anilines is 1. The Labute approximate surface area is 139 Å². The zero-order chi connectivity index (χ0) is 17.4. The molecule has 1 aromatic heterocycles. The van der Waals surface area contributed by atoms with Gasteiger partial charge in [-0.2, -0.15) is 0 Å². The molecular formula is C16H20N4O4. The molecule has 2 heterocycles. The van der Waals surface area contributed by atoms with E-state index >= 15 is 0 Å². The second-order valence-corrected chi connectivity index (χ2v) is 5.89.